The summed E-state index contributed by atoms with van der Waals surface area (Å²) in [7, 11) is -4.86. The molecule has 1 unspecified atom stereocenters. The molecule has 0 saturated heterocycles. The van der Waals surface area contributed by atoms with E-state index in [4.69, 9.17) is 18.5 Å². The van der Waals surface area contributed by atoms with E-state index in [0.717, 1.165) is 38.5 Å². The fourth-order valence-electron chi connectivity index (χ4n) is 6.18. The number of benzene rings is 1. The maximum Gasteiger partial charge on any atom is 0.306 e. The lowest BCUT2D eigenvalue weighted by molar-refractivity contribution is -0.383. The number of nitro groups is 1. The van der Waals surface area contributed by atoms with Crippen molar-refractivity contribution in [3.05, 3.63) is 22.2 Å². The van der Waals surface area contributed by atoms with E-state index < -0.39 is 37.4 Å². The quantitative estimate of drug-likeness (QED) is 0.0214. The summed E-state index contributed by atoms with van der Waals surface area (Å²) >= 11 is 0. The number of hydrogen-bond donors (Lipinski definition) is 2. The molecule has 1 heterocycles. The molecule has 0 bridgehead atoms. The number of unbranched alkanes of at least 4 members (excludes halogenated alkanes) is 20. The SMILES string of the molecule is CCCCCCCCCCCCCC(=O)OC[C@H](COP(=O)([O-])OCCNc1ccc([N+](=O)[O-])c2nonc12)OC(=O)CCCCCCCCCCCCC.[NH4+]. The number of phosphoric acid groups is 1. The number of carbonyl (C=O) groups is 2. The summed E-state index contributed by atoms with van der Waals surface area (Å²) in [5.41, 5.74) is 0.0835. The number of esters is 2. The average molecular weight is 816 g/mol. The molecule has 1 aromatic heterocycles. The zero-order chi connectivity index (χ0) is 40.0. The Morgan fingerprint density at radius 3 is 1.73 bits per heavy atom. The molecule has 2 rings (SSSR count). The smallest absolute Gasteiger partial charge is 0.306 e. The molecule has 1 aromatic carbocycles. The number of hydrogen-bond acceptors (Lipinski definition) is 14. The molecular weight excluding hydrogens is 745 g/mol. The molecule has 0 aliphatic rings. The average Bonchev–Trinajstić information content (AvgIpc) is 3.66. The van der Waals surface area contributed by atoms with Gasteiger partial charge in [0.1, 0.15) is 6.61 Å². The summed E-state index contributed by atoms with van der Waals surface area (Å²) in [5.74, 6) is -0.967. The van der Waals surface area contributed by atoms with Gasteiger partial charge in [0.2, 0.25) is 5.52 Å². The van der Waals surface area contributed by atoms with Crippen LogP contribution in [0.1, 0.15) is 168 Å². The lowest BCUT2D eigenvalue weighted by atomic mass is 10.1. The first-order valence-corrected chi connectivity index (χ1v) is 22.2. The minimum atomic E-state index is -4.86. The van der Waals surface area contributed by atoms with Crippen LogP contribution < -0.4 is 16.4 Å². The Kier molecular flexibility index (Phi) is 28.9. The van der Waals surface area contributed by atoms with Crippen LogP contribution in [0.3, 0.4) is 0 Å². The highest BCUT2D eigenvalue weighted by molar-refractivity contribution is 7.45. The van der Waals surface area contributed by atoms with Crippen LogP contribution >= 0.6 is 7.82 Å². The predicted molar refractivity (Wildman–Crippen MR) is 215 cm³/mol. The highest BCUT2D eigenvalue weighted by Crippen LogP contribution is 2.38. The number of nitro benzene ring substituents is 1. The van der Waals surface area contributed by atoms with Gasteiger partial charge in [0.05, 0.1) is 23.8 Å². The minimum absolute atomic E-state index is 0. The molecule has 0 aliphatic carbocycles. The first-order chi connectivity index (χ1) is 26.7. The van der Waals surface area contributed by atoms with Gasteiger partial charge in [-0.25, -0.2) is 4.63 Å². The van der Waals surface area contributed by atoms with Crippen LogP contribution in [0.25, 0.3) is 11.0 Å². The second kappa shape index (κ2) is 31.9. The van der Waals surface area contributed by atoms with Crippen LogP contribution in [0, 0.1) is 10.1 Å². The largest absolute Gasteiger partial charge is 0.756 e. The molecule has 0 fully saturated rings. The normalized spacial score (nSPS) is 12.8. The van der Waals surface area contributed by atoms with E-state index in [0.29, 0.717) is 18.5 Å². The van der Waals surface area contributed by atoms with Gasteiger partial charge in [-0.2, -0.15) is 0 Å². The molecule has 56 heavy (non-hydrogen) atoms. The third kappa shape index (κ3) is 23.8. The molecule has 2 atom stereocenters. The minimum Gasteiger partial charge on any atom is -0.756 e. The Bertz CT molecular complexity index is 1400. The Hall–Kier alpha value is -3.17. The summed E-state index contributed by atoms with van der Waals surface area (Å²) in [6, 6.07) is 2.62. The molecule has 17 heteroatoms. The number of aromatic nitrogens is 2. The number of non-ortho nitro benzene ring substituents is 1. The standard InChI is InChI=1S/C39H67N4O11P.H3N/c1-3-5-7-9-11-13-15-17-19-21-23-25-36(44)50-31-33(53-37(45)26-24-22-20-18-16-14-12-10-8-6-4-2)32-52-55(48,49)51-30-29-40-34-27-28-35(43(46)47)39-38(34)41-54-42-39;/h27-28,33,40H,3-26,29-32H2,1-2H3,(H,48,49);1H3/t33-;/m1./s1. The molecule has 0 saturated carbocycles. The van der Waals surface area contributed by atoms with Gasteiger partial charge in [-0.1, -0.05) is 142 Å². The number of anilines is 1. The summed E-state index contributed by atoms with van der Waals surface area (Å²) in [4.78, 5) is 48.3. The molecule has 16 nitrogen and oxygen atoms in total. The molecule has 0 radical (unpaired) electrons. The number of rotatable bonds is 36. The van der Waals surface area contributed by atoms with Crippen molar-refractivity contribution < 1.29 is 47.1 Å². The number of nitrogens with one attached hydrogen (secondary N) is 1. The number of quaternary nitrogens is 1. The summed E-state index contributed by atoms with van der Waals surface area (Å²) < 4.78 is 38.1. The van der Waals surface area contributed by atoms with Crippen molar-refractivity contribution in [3.63, 3.8) is 0 Å². The molecule has 0 aliphatic heterocycles. The fourth-order valence-corrected chi connectivity index (χ4v) is 6.92. The van der Waals surface area contributed by atoms with Crippen LogP contribution in [-0.2, 0) is 32.7 Å². The first kappa shape index (κ1) is 50.8. The fraction of sp³-hybridized carbons (Fsp3) is 0.795. The van der Waals surface area contributed by atoms with E-state index in [2.05, 4.69) is 34.1 Å². The van der Waals surface area contributed by atoms with Crippen molar-refractivity contribution >= 4 is 42.2 Å². The molecule has 0 amide bonds. The molecule has 2 aromatic rings. The number of phosphoric ester groups is 1. The van der Waals surface area contributed by atoms with Gasteiger partial charge in [-0.05, 0) is 29.2 Å². The van der Waals surface area contributed by atoms with Crippen LogP contribution in [0.5, 0.6) is 0 Å². The van der Waals surface area contributed by atoms with Gasteiger partial charge in [0.25, 0.3) is 7.82 Å². The lowest BCUT2D eigenvalue weighted by Crippen LogP contribution is -2.30. The Morgan fingerprint density at radius 2 is 1.21 bits per heavy atom. The highest BCUT2D eigenvalue weighted by Gasteiger charge is 2.22. The van der Waals surface area contributed by atoms with Crippen molar-refractivity contribution in [1.29, 1.82) is 0 Å². The van der Waals surface area contributed by atoms with Crippen LogP contribution in [-0.4, -0.2) is 59.6 Å². The van der Waals surface area contributed by atoms with Crippen molar-refractivity contribution in [2.75, 3.05) is 31.7 Å². The predicted octanol–water partition coefficient (Wildman–Crippen LogP) is 10.3. The summed E-state index contributed by atoms with van der Waals surface area (Å²) in [6.45, 7) is 3.11. The zero-order valence-electron chi connectivity index (χ0n) is 34.3. The maximum atomic E-state index is 12.7. The van der Waals surface area contributed by atoms with Gasteiger partial charge in [-0.3, -0.25) is 24.3 Å². The monoisotopic (exact) mass is 815 g/mol. The van der Waals surface area contributed by atoms with Crippen molar-refractivity contribution in [2.45, 2.75) is 174 Å². The van der Waals surface area contributed by atoms with Gasteiger partial charge >= 0.3 is 17.6 Å². The number of carbonyl (C=O) groups excluding carboxylic acids is 2. The van der Waals surface area contributed by atoms with E-state index in [1.807, 2.05) is 0 Å². The zero-order valence-corrected chi connectivity index (χ0v) is 35.2. The van der Waals surface area contributed by atoms with Crippen LogP contribution in [0.2, 0.25) is 0 Å². The van der Waals surface area contributed by atoms with E-state index >= 15 is 0 Å². The van der Waals surface area contributed by atoms with E-state index in [1.54, 1.807) is 0 Å². The van der Waals surface area contributed by atoms with E-state index in [9.17, 15) is 29.2 Å². The summed E-state index contributed by atoms with van der Waals surface area (Å²) in [5, 5.41) is 21.3. The number of ether oxygens (including phenoxy) is 2. The van der Waals surface area contributed by atoms with Crippen LogP contribution in [0.15, 0.2) is 16.8 Å². The Labute approximate surface area is 333 Å². The second-order valence-electron chi connectivity index (χ2n) is 14.2. The molecule has 5 N–H and O–H groups in total. The second-order valence-corrected chi connectivity index (χ2v) is 15.6. The van der Waals surface area contributed by atoms with E-state index in [-0.39, 0.29) is 55.5 Å². The molecular formula is C39H70N5O11P. The van der Waals surface area contributed by atoms with Crippen molar-refractivity contribution in [2.24, 2.45) is 0 Å². The van der Waals surface area contributed by atoms with Crippen molar-refractivity contribution in [3.8, 4) is 0 Å². The number of fused-ring (bicyclic) bond motifs is 1. The Morgan fingerprint density at radius 1 is 0.732 bits per heavy atom. The maximum absolute atomic E-state index is 12.7. The third-order valence-corrected chi connectivity index (χ3v) is 10.3. The topological polar surface area (TPSA) is 242 Å². The molecule has 322 valence electrons. The third-order valence-electron chi connectivity index (χ3n) is 9.37. The molecule has 0 spiro atoms. The highest BCUT2D eigenvalue weighted by atomic mass is 31.2. The summed E-state index contributed by atoms with van der Waals surface area (Å²) in [6.07, 6.45) is 24.5. The van der Waals surface area contributed by atoms with Gasteiger partial charge in [0.15, 0.2) is 11.6 Å². The van der Waals surface area contributed by atoms with Crippen LogP contribution in [0.4, 0.5) is 11.4 Å². The number of nitrogens with zero attached hydrogens (tertiary/aromatic N) is 3. The van der Waals surface area contributed by atoms with Gasteiger partial charge in [-0.15, -0.1) is 0 Å². The first-order valence-electron chi connectivity index (χ1n) is 20.8. The lowest BCUT2D eigenvalue weighted by Gasteiger charge is -2.25. The van der Waals surface area contributed by atoms with E-state index in [1.165, 1.54) is 102 Å². The van der Waals surface area contributed by atoms with Gasteiger partial charge < -0.3 is 34.9 Å². The van der Waals surface area contributed by atoms with Crippen molar-refractivity contribution in [1.82, 2.24) is 16.5 Å². The Balaban J connectivity index is 0.0000157. The van der Waals surface area contributed by atoms with Gasteiger partial charge in [0, 0.05) is 25.5 Å².